The fourth-order valence-corrected chi connectivity index (χ4v) is 3.17. The third-order valence-corrected chi connectivity index (χ3v) is 4.54. The zero-order valence-electron chi connectivity index (χ0n) is 14.4. The minimum atomic E-state index is -0.202. The van der Waals surface area contributed by atoms with Crippen molar-refractivity contribution in [2.75, 3.05) is 7.05 Å². The summed E-state index contributed by atoms with van der Waals surface area (Å²) in [5.74, 6) is -0.326. The zero-order chi connectivity index (χ0) is 17.6. The first-order valence-electron chi connectivity index (χ1n) is 8.70. The summed E-state index contributed by atoms with van der Waals surface area (Å²) in [5, 5.41) is 3.00. The molecular weight excluding hydrogens is 314 g/mol. The van der Waals surface area contributed by atoms with E-state index >= 15 is 0 Å². The Balaban J connectivity index is 1.67. The quantitative estimate of drug-likeness (QED) is 0.912. The van der Waals surface area contributed by atoms with E-state index in [2.05, 4.69) is 10.3 Å². The minimum Gasteiger partial charge on any atom is -0.348 e. The van der Waals surface area contributed by atoms with Crippen LogP contribution in [0.3, 0.4) is 0 Å². The SMILES string of the molecule is CN(Cc1ccccc1)C(=O)c1ccnc(C(=O)NC2CCCC2)c1. The highest BCUT2D eigenvalue weighted by molar-refractivity contribution is 5.98. The molecule has 130 valence electrons. The van der Waals surface area contributed by atoms with Crippen molar-refractivity contribution in [2.24, 2.45) is 0 Å². The Labute approximate surface area is 148 Å². The molecule has 0 unspecified atom stereocenters. The molecule has 3 rings (SSSR count). The lowest BCUT2D eigenvalue weighted by Gasteiger charge is -2.18. The average molecular weight is 337 g/mol. The smallest absolute Gasteiger partial charge is 0.270 e. The molecule has 0 saturated heterocycles. The molecule has 1 saturated carbocycles. The molecule has 0 atom stereocenters. The molecule has 0 bridgehead atoms. The van der Waals surface area contributed by atoms with E-state index in [0.717, 1.165) is 31.2 Å². The summed E-state index contributed by atoms with van der Waals surface area (Å²) in [5.41, 5.74) is 1.84. The Morgan fingerprint density at radius 3 is 2.60 bits per heavy atom. The van der Waals surface area contributed by atoms with Crippen LogP contribution in [0, 0.1) is 0 Å². The molecule has 5 heteroatoms. The summed E-state index contributed by atoms with van der Waals surface area (Å²) in [4.78, 5) is 30.7. The van der Waals surface area contributed by atoms with E-state index in [9.17, 15) is 9.59 Å². The lowest BCUT2D eigenvalue weighted by Crippen LogP contribution is -2.33. The summed E-state index contributed by atoms with van der Waals surface area (Å²) in [6, 6.07) is 13.3. The zero-order valence-corrected chi connectivity index (χ0v) is 14.4. The molecule has 2 aromatic rings. The maximum absolute atomic E-state index is 12.6. The molecule has 1 aromatic carbocycles. The molecule has 1 heterocycles. The topological polar surface area (TPSA) is 62.3 Å². The van der Waals surface area contributed by atoms with Crippen molar-refractivity contribution < 1.29 is 9.59 Å². The van der Waals surface area contributed by atoms with Crippen LogP contribution in [0.5, 0.6) is 0 Å². The van der Waals surface area contributed by atoms with Crippen molar-refractivity contribution in [1.82, 2.24) is 15.2 Å². The van der Waals surface area contributed by atoms with Gasteiger partial charge in [0.1, 0.15) is 5.69 Å². The molecule has 0 aliphatic heterocycles. The highest BCUT2D eigenvalue weighted by Gasteiger charge is 2.20. The monoisotopic (exact) mass is 337 g/mol. The van der Waals surface area contributed by atoms with Crippen LogP contribution in [0.1, 0.15) is 52.1 Å². The molecule has 2 amide bonds. The van der Waals surface area contributed by atoms with E-state index in [-0.39, 0.29) is 17.9 Å². The molecule has 1 aliphatic rings. The number of nitrogens with zero attached hydrogens (tertiary/aromatic N) is 2. The summed E-state index contributed by atoms with van der Waals surface area (Å²) in [6.07, 6.45) is 5.86. The number of carbonyl (C=O) groups is 2. The predicted molar refractivity (Wildman–Crippen MR) is 96.2 cm³/mol. The second kappa shape index (κ2) is 7.92. The molecule has 0 spiro atoms. The second-order valence-corrected chi connectivity index (χ2v) is 6.53. The third-order valence-electron chi connectivity index (χ3n) is 4.54. The highest BCUT2D eigenvalue weighted by atomic mass is 16.2. The molecular formula is C20H23N3O2. The number of pyridine rings is 1. The van der Waals surface area contributed by atoms with Crippen molar-refractivity contribution in [3.05, 3.63) is 65.5 Å². The summed E-state index contributed by atoms with van der Waals surface area (Å²) < 4.78 is 0. The minimum absolute atomic E-state index is 0.124. The molecule has 1 aromatic heterocycles. The molecule has 5 nitrogen and oxygen atoms in total. The van der Waals surface area contributed by atoms with Crippen LogP contribution in [0.4, 0.5) is 0 Å². The summed E-state index contributed by atoms with van der Waals surface area (Å²) in [7, 11) is 1.76. The Kier molecular flexibility index (Phi) is 5.43. The number of hydrogen-bond donors (Lipinski definition) is 1. The predicted octanol–water partition coefficient (Wildman–Crippen LogP) is 3.03. The average Bonchev–Trinajstić information content (AvgIpc) is 3.15. The van der Waals surface area contributed by atoms with Gasteiger partial charge in [0.25, 0.3) is 11.8 Å². The molecule has 25 heavy (non-hydrogen) atoms. The van der Waals surface area contributed by atoms with E-state index < -0.39 is 0 Å². The normalized spacial score (nSPS) is 14.3. The van der Waals surface area contributed by atoms with Gasteiger partial charge in [-0.05, 0) is 30.5 Å². The van der Waals surface area contributed by atoms with Crippen LogP contribution >= 0.6 is 0 Å². The first kappa shape index (κ1) is 17.1. The van der Waals surface area contributed by atoms with E-state index in [0.29, 0.717) is 17.8 Å². The number of benzene rings is 1. The maximum atomic E-state index is 12.6. The van der Waals surface area contributed by atoms with Crippen molar-refractivity contribution in [3.8, 4) is 0 Å². The van der Waals surface area contributed by atoms with Crippen LogP contribution in [-0.4, -0.2) is 34.8 Å². The standard InChI is InChI=1S/C20H23N3O2/c1-23(14-15-7-3-2-4-8-15)20(25)16-11-12-21-18(13-16)19(24)22-17-9-5-6-10-17/h2-4,7-8,11-13,17H,5-6,9-10,14H2,1H3,(H,22,24). The first-order valence-corrected chi connectivity index (χ1v) is 8.70. The van der Waals surface area contributed by atoms with Gasteiger partial charge in [-0.1, -0.05) is 43.2 Å². The number of carbonyl (C=O) groups excluding carboxylic acids is 2. The van der Waals surface area contributed by atoms with Gasteiger partial charge >= 0.3 is 0 Å². The Bertz CT molecular complexity index is 740. The number of nitrogens with one attached hydrogen (secondary N) is 1. The van der Waals surface area contributed by atoms with E-state index in [1.807, 2.05) is 30.3 Å². The lowest BCUT2D eigenvalue weighted by molar-refractivity contribution is 0.0785. The van der Waals surface area contributed by atoms with Crippen molar-refractivity contribution in [3.63, 3.8) is 0 Å². The Hall–Kier alpha value is -2.69. The van der Waals surface area contributed by atoms with Crippen molar-refractivity contribution >= 4 is 11.8 Å². The maximum Gasteiger partial charge on any atom is 0.270 e. The van der Waals surface area contributed by atoms with E-state index in [1.165, 1.54) is 6.20 Å². The van der Waals surface area contributed by atoms with Crippen LogP contribution in [0.15, 0.2) is 48.7 Å². The largest absolute Gasteiger partial charge is 0.348 e. The molecule has 1 fully saturated rings. The van der Waals surface area contributed by atoms with Crippen molar-refractivity contribution in [2.45, 2.75) is 38.3 Å². The number of amides is 2. The van der Waals surface area contributed by atoms with Gasteiger partial charge in [0.2, 0.25) is 0 Å². The van der Waals surface area contributed by atoms with Crippen LogP contribution in [0.2, 0.25) is 0 Å². The van der Waals surface area contributed by atoms with Gasteiger partial charge in [0.05, 0.1) is 0 Å². The van der Waals surface area contributed by atoms with Gasteiger partial charge in [-0.15, -0.1) is 0 Å². The highest BCUT2D eigenvalue weighted by Crippen LogP contribution is 2.18. The number of rotatable bonds is 5. The van der Waals surface area contributed by atoms with Gasteiger partial charge < -0.3 is 10.2 Å². The fraction of sp³-hybridized carbons (Fsp3) is 0.350. The van der Waals surface area contributed by atoms with Crippen LogP contribution in [-0.2, 0) is 6.54 Å². The van der Waals surface area contributed by atoms with Gasteiger partial charge in [-0.3, -0.25) is 14.6 Å². The van der Waals surface area contributed by atoms with Crippen molar-refractivity contribution in [1.29, 1.82) is 0 Å². The second-order valence-electron chi connectivity index (χ2n) is 6.53. The molecule has 1 N–H and O–H groups in total. The van der Waals surface area contributed by atoms with Gasteiger partial charge in [-0.2, -0.15) is 0 Å². The van der Waals surface area contributed by atoms with Crippen LogP contribution in [0.25, 0.3) is 0 Å². The van der Waals surface area contributed by atoms with Gasteiger partial charge in [-0.25, -0.2) is 0 Å². The van der Waals surface area contributed by atoms with E-state index in [1.54, 1.807) is 24.1 Å². The summed E-state index contributed by atoms with van der Waals surface area (Å²) >= 11 is 0. The third kappa shape index (κ3) is 4.44. The summed E-state index contributed by atoms with van der Waals surface area (Å²) in [6.45, 7) is 0.519. The lowest BCUT2D eigenvalue weighted by atomic mass is 10.1. The number of aromatic nitrogens is 1. The number of hydrogen-bond acceptors (Lipinski definition) is 3. The van der Waals surface area contributed by atoms with Gasteiger partial charge in [0.15, 0.2) is 0 Å². The fourth-order valence-electron chi connectivity index (χ4n) is 3.17. The van der Waals surface area contributed by atoms with Gasteiger partial charge in [0, 0.05) is 31.4 Å². The Morgan fingerprint density at radius 1 is 1.16 bits per heavy atom. The van der Waals surface area contributed by atoms with E-state index in [4.69, 9.17) is 0 Å². The molecule has 0 radical (unpaired) electrons. The first-order chi connectivity index (χ1) is 12.1. The Morgan fingerprint density at radius 2 is 1.88 bits per heavy atom. The van der Waals surface area contributed by atoms with Crippen LogP contribution < -0.4 is 5.32 Å². The molecule has 1 aliphatic carbocycles.